The van der Waals surface area contributed by atoms with Crippen molar-refractivity contribution < 1.29 is 63.5 Å². The Hall–Kier alpha value is -6.81. The molecule has 2 amide bonds. The molecule has 0 saturated carbocycles. The number of rotatable bonds is 9. The van der Waals surface area contributed by atoms with Crippen LogP contribution in [-0.4, -0.2) is 61.1 Å². The van der Waals surface area contributed by atoms with Gasteiger partial charge in [0, 0.05) is 44.4 Å². The molecule has 0 saturated heterocycles. The number of urea groups is 1. The van der Waals surface area contributed by atoms with Gasteiger partial charge in [-0.15, -0.1) is 0 Å². The maximum absolute atomic E-state index is 13.5. The summed E-state index contributed by atoms with van der Waals surface area (Å²) in [5.74, 6) is -2.15. The number of aromatic hydroxyl groups is 1. The average molecular weight is 888 g/mol. The number of aryl methyl sites for hydroxylation is 2. The van der Waals surface area contributed by atoms with Crippen molar-refractivity contribution in [2.24, 2.45) is 0 Å². The number of anilines is 4. The summed E-state index contributed by atoms with van der Waals surface area (Å²) in [5.41, 5.74) is 0.764. The maximum Gasteiger partial charge on any atom is 0.339 e. The highest BCUT2D eigenvalue weighted by Gasteiger charge is 2.31. The average Bonchev–Trinajstić information content (AvgIpc) is 3.16. The third-order valence-electron chi connectivity index (χ3n) is 9.96. The number of hydrogen-bond acceptors (Lipinski definition) is 11. The van der Waals surface area contributed by atoms with E-state index in [1.165, 1.54) is 30.3 Å². The molecule has 6 aromatic carbocycles. The van der Waals surface area contributed by atoms with E-state index in [4.69, 9.17) is 4.74 Å². The monoisotopic (exact) mass is 887 g/mol. The molecule has 1 aliphatic heterocycles. The lowest BCUT2D eigenvalue weighted by molar-refractivity contribution is 0.0694. The van der Waals surface area contributed by atoms with Gasteiger partial charge in [-0.05, 0) is 73.0 Å². The number of ether oxygens (including phenoxy) is 1. The first-order chi connectivity index (χ1) is 28.4. The molecule has 6 aromatic rings. The topological polar surface area (TPSA) is 283 Å². The largest absolute Gasteiger partial charge is 0.506 e. The second kappa shape index (κ2) is 15.0. The number of hydrogen-bond donors (Lipinski definition) is 8. The Bertz CT molecular complexity index is 3410. The minimum atomic E-state index is -5.16. The van der Waals surface area contributed by atoms with Crippen molar-refractivity contribution in [2.45, 2.75) is 35.5 Å². The Labute approximate surface area is 347 Å². The SMILES string of the molecule is C=c1cc2c(cc1S(=O)(=O)O)=C(c1ccccc1S(=O)(=O)O)c1cc(S(=O)(=O)O)c(Nc3c(C)cc(C)c(NC(=O)Nc4cc(C(=O)O)c(O)c5ccccc45)c3C)cc1O2. The van der Waals surface area contributed by atoms with Crippen LogP contribution in [0.3, 0.4) is 0 Å². The summed E-state index contributed by atoms with van der Waals surface area (Å²) in [6, 6.07) is 17.6. The zero-order chi connectivity index (χ0) is 44.5. The Morgan fingerprint density at radius 1 is 0.639 bits per heavy atom. The molecular formula is C41H33N3O14S3. The molecule has 61 heavy (non-hydrogen) atoms. The highest BCUT2D eigenvalue weighted by atomic mass is 32.2. The van der Waals surface area contributed by atoms with E-state index in [0.29, 0.717) is 22.1 Å². The first-order valence-corrected chi connectivity index (χ1v) is 22.0. The Kier molecular flexibility index (Phi) is 10.4. The van der Waals surface area contributed by atoms with Crippen molar-refractivity contribution >= 4 is 88.0 Å². The van der Waals surface area contributed by atoms with Crippen molar-refractivity contribution in [2.75, 3.05) is 16.0 Å². The number of carboxylic acid groups (broad SMARTS) is 1. The summed E-state index contributed by atoms with van der Waals surface area (Å²) < 4.78 is 113. The quantitative estimate of drug-likeness (QED) is 0.0604. The molecule has 0 atom stereocenters. The van der Waals surface area contributed by atoms with E-state index in [0.717, 1.165) is 30.3 Å². The van der Waals surface area contributed by atoms with Gasteiger partial charge in [-0.2, -0.15) is 25.3 Å². The van der Waals surface area contributed by atoms with Crippen LogP contribution in [0.1, 0.15) is 38.2 Å². The lowest BCUT2D eigenvalue weighted by Crippen LogP contribution is -2.25. The predicted molar refractivity (Wildman–Crippen MR) is 224 cm³/mol. The third kappa shape index (κ3) is 7.86. The predicted octanol–water partition coefficient (Wildman–Crippen LogP) is 6.06. The number of carbonyl (C=O) groups excluding carboxylic acids is 1. The van der Waals surface area contributed by atoms with Crippen LogP contribution in [0.15, 0.2) is 99.6 Å². The van der Waals surface area contributed by atoms with Crippen molar-refractivity contribution in [1.29, 1.82) is 0 Å². The summed E-state index contributed by atoms with van der Waals surface area (Å²) in [6.45, 7) is 8.65. The third-order valence-corrected chi connectivity index (χ3v) is 12.7. The highest BCUT2D eigenvalue weighted by molar-refractivity contribution is 7.86. The molecule has 0 aliphatic carbocycles. The van der Waals surface area contributed by atoms with Crippen LogP contribution in [0.4, 0.5) is 27.5 Å². The minimum absolute atomic E-state index is 0.0769. The highest BCUT2D eigenvalue weighted by Crippen LogP contribution is 2.44. The lowest BCUT2D eigenvalue weighted by atomic mass is 9.92. The molecule has 0 fully saturated rings. The number of phenols is 1. The summed E-state index contributed by atoms with van der Waals surface area (Å²) >= 11 is 0. The number of carboxylic acids is 1. The molecular weight excluding hydrogens is 855 g/mol. The first kappa shape index (κ1) is 42.3. The molecule has 17 nitrogen and oxygen atoms in total. The second-order valence-electron chi connectivity index (χ2n) is 14.0. The van der Waals surface area contributed by atoms with Gasteiger partial charge < -0.3 is 30.9 Å². The maximum atomic E-state index is 13.5. The van der Waals surface area contributed by atoms with Crippen molar-refractivity contribution in [1.82, 2.24) is 0 Å². The van der Waals surface area contributed by atoms with Crippen LogP contribution in [0.25, 0.3) is 22.9 Å². The van der Waals surface area contributed by atoms with Gasteiger partial charge in [-0.25, -0.2) is 9.59 Å². The molecule has 314 valence electrons. The molecule has 0 spiro atoms. The normalized spacial score (nSPS) is 12.6. The number of amides is 2. The molecule has 20 heteroatoms. The summed E-state index contributed by atoms with van der Waals surface area (Å²) in [7, 11) is -15.1. The van der Waals surface area contributed by atoms with Gasteiger partial charge in [0.05, 0.1) is 17.1 Å². The molecule has 1 heterocycles. The van der Waals surface area contributed by atoms with Crippen molar-refractivity contribution in [3.8, 4) is 17.2 Å². The van der Waals surface area contributed by atoms with E-state index in [9.17, 15) is 58.7 Å². The minimum Gasteiger partial charge on any atom is -0.506 e. The fourth-order valence-corrected chi connectivity index (χ4v) is 9.33. The number of carbonyl (C=O) groups is 2. The molecule has 0 unspecified atom stereocenters. The van der Waals surface area contributed by atoms with E-state index < -0.39 is 68.4 Å². The zero-order valence-electron chi connectivity index (χ0n) is 31.9. The van der Waals surface area contributed by atoms with Gasteiger partial charge in [-0.3, -0.25) is 13.7 Å². The van der Waals surface area contributed by atoms with Crippen LogP contribution in [-0.2, 0) is 30.4 Å². The number of benzene rings is 6. The lowest BCUT2D eigenvalue weighted by Gasteiger charge is -2.25. The van der Waals surface area contributed by atoms with Crippen LogP contribution in [0.2, 0.25) is 0 Å². The smallest absolute Gasteiger partial charge is 0.339 e. The molecule has 0 radical (unpaired) electrons. The van der Waals surface area contributed by atoms with Gasteiger partial charge in [0.2, 0.25) is 0 Å². The van der Waals surface area contributed by atoms with E-state index in [2.05, 4.69) is 22.5 Å². The van der Waals surface area contributed by atoms with E-state index in [1.807, 2.05) is 0 Å². The Morgan fingerprint density at radius 3 is 1.89 bits per heavy atom. The van der Waals surface area contributed by atoms with Gasteiger partial charge in [0.25, 0.3) is 30.4 Å². The van der Waals surface area contributed by atoms with Crippen molar-refractivity contribution in [3.05, 3.63) is 129 Å². The van der Waals surface area contributed by atoms with Gasteiger partial charge >= 0.3 is 12.0 Å². The molecule has 0 aromatic heterocycles. The molecule has 7 rings (SSSR count). The summed E-state index contributed by atoms with van der Waals surface area (Å²) in [5, 5.41) is 28.8. The first-order valence-electron chi connectivity index (χ1n) is 17.6. The van der Waals surface area contributed by atoms with E-state index in [-0.39, 0.29) is 66.8 Å². The van der Waals surface area contributed by atoms with Crippen molar-refractivity contribution in [3.63, 3.8) is 0 Å². The van der Waals surface area contributed by atoms with Gasteiger partial charge in [0.1, 0.15) is 37.5 Å². The van der Waals surface area contributed by atoms with E-state index >= 15 is 0 Å². The van der Waals surface area contributed by atoms with Crippen LogP contribution in [0, 0.1) is 20.8 Å². The Balaban J connectivity index is 1.37. The zero-order valence-corrected chi connectivity index (χ0v) is 34.4. The van der Waals surface area contributed by atoms with E-state index in [1.54, 1.807) is 45.0 Å². The van der Waals surface area contributed by atoms with Gasteiger partial charge in [0.15, 0.2) is 0 Å². The molecule has 1 aliphatic rings. The Morgan fingerprint density at radius 2 is 1.25 bits per heavy atom. The molecule has 8 N–H and O–H groups in total. The van der Waals surface area contributed by atoms with Crippen LogP contribution >= 0.6 is 0 Å². The number of nitrogens with one attached hydrogen (secondary N) is 3. The standard InChI is InChI=1S/C41H33N3O14S3/c1-19-14-31-26(16-34(19)60(52,53)54)36(25-11-7-8-12-33(25)59(49,50)51)27-17-35(61(55,56)57)30(18-32(27)58-31)42-37-20(2)13-21(3)38(22(37)4)44-41(48)43-29-15-28(40(46)47)39(45)24-10-6-5-9-23(24)29/h5-18,42,45H,1H2,2-4H3,(H,46,47)(H2,43,44,48)(H,49,50,51)(H,52,53,54)(H,55,56,57). The van der Waals surface area contributed by atoms with Crippen LogP contribution in [0.5, 0.6) is 17.2 Å². The number of fused-ring (bicyclic) bond motifs is 3. The summed E-state index contributed by atoms with van der Waals surface area (Å²) in [4.78, 5) is 23.3. The number of aromatic carboxylic acids is 1. The molecule has 0 bridgehead atoms. The van der Waals surface area contributed by atoms with Gasteiger partial charge in [-0.1, -0.05) is 55.1 Å². The fourth-order valence-electron chi connectivity index (χ4n) is 7.32. The summed E-state index contributed by atoms with van der Waals surface area (Å²) in [6.07, 6.45) is 0. The second-order valence-corrected chi connectivity index (χ2v) is 18.1. The fraction of sp³-hybridized carbons (Fsp3) is 0.0732. The van der Waals surface area contributed by atoms with Crippen LogP contribution < -0.4 is 31.1 Å².